The largest absolute Gasteiger partial charge is 0.435 e. The predicted octanol–water partition coefficient (Wildman–Crippen LogP) is 8.84. The molecule has 0 saturated heterocycles. The Kier molecular flexibility index (Phi) is 6.68. The molecule has 10 rings (SSSR count). The lowest BCUT2D eigenvalue weighted by Gasteiger charge is -2.66. The molecule has 4 bridgehead atoms. The van der Waals surface area contributed by atoms with Crippen molar-refractivity contribution in [3.05, 3.63) is 60.2 Å². The molecule has 12 heteroatoms. The molecule has 7 aliphatic carbocycles. The van der Waals surface area contributed by atoms with E-state index in [0.29, 0.717) is 56.6 Å². The number of hydrogen-bond donors (Lipinski definition) is 0. The molecule has 1 aromatic heterocycles. The number of hydrogen-bond acceptors (Lipinski definition) is 5. The average Bonchev–Trinajstić information content (AvgIpc) is 3.69. The average molecular weight is 660 g/mol. The van der Waals surface area contributed by atoms with E-state index in [1.807, 2.05) is 29.2 Å². The Bertz CT molecular complexity index is 1650. The van der Waals surface area contributed by atoms with Crippen molar-refractivity contribution in [2.75, 3.05) is 11.4 Å². The van der Waals surface area contributed by atoms with Crippen molar-refractivity contribution in [2.24, 2.45) is 10.8 Å². The summed E-state index contributed by atoms with van der Waals surface area (Å²) in [5, 5.41) is 4.08. The first-order chi connectivity index (χ1) is 22.2. The van der Waals surface area contributed by atoms with Gasteiger partial charge in [-0.05, 0) is 117 Å². The smallest absolute Gasteiger partial charge is 0.403 e. The van der Waals surface area contributed by atoms with Crippen LogP contribution in [0.1, 0.15) is 88.8 Å². The topological polar surface area (TPSA) is 68.5 Å². The second kappa shape index (κ2) is 10.2. The molecule has 7 fully saturated rings. The monoisotopic (exact) mass is 659 g/mol. The lowest BCUT2D eigenvalue weighted by atomic mass is 9.41. The third-order valence-corrected chi connectivity index (χ3v) is 12.0. The number of halogens is 6. The Morgan fingerprint density at radius 3 is 2.13 bits per heavy atom. The minimum absolute atomic E-state index is 0.0364. The first kappa shape index (κ1) is 30.7. The van der Waals surface area contributed by atoms with Gasteiger partial charge in [-0.15, -0.1) is 0 Å². The number of nitrogens with zero attached hydrogens (tertiary/aromatic N) is 3. The molecule has 3 aromatic rings. The number of benzene rings is 2. The molecular formula is C35H35F6N3O3. The van der Waals surface area contributed by atoms with Crippen molar-refractivity contribution in [3.8, 4) is 16.9 Å². The summed E-state index contributed by atoms with van der Waals surface area (Å²) in [6.07, 6.45) is 1.38. The van der Waals surface area contributed by atoms with Crippen molar-refractivity contribution in [3.63, 3.8) is 0 Å². The molecule has 0 N–H and O–H groups in total. The number of alkyl halides is 6. The normalized spacial score (nSPS) is 31.6. The van der Waals surface area contributed by atoms with Gasteiger partial charge in [-0.25, -0.2) is 4.39 Å². The van der Waals surface area contributed by atoms with Crippen LogP contribution < -0.4 is 9.64 Å². The third kappa shape index (κ3) is 5.12. The van der Waals surface area contributed by atoms with Crippen LogP contribution in [0, 0.1) is 10.8 Å². The van der Waals surface area contributed by atoms with Crippen molar-refractivity contribution < 1.29 is 40.4 Å². The molecule has 0 radical (unpaired) electrons. The van der Waals surface area contributed by atoms with Crippen LogP contribution in [0.5, 0.6) is 5.75 Å². The molecule has 250 valence electrons. The highest BCUT2D eigenvalue weighted by Gasteiger charge is 2.70. The van der Waals surface area contributed by atoms with E-state index in [1.165, 1.54) is 12.1 Å². The SMILES string of the molecule is O=C(CC12CC(F)(C1)C2)N(CC12CCC(c3noc(C4(C(F)(F)F)CC4)n3)(CC1)CC2)c1cccc(-c2ccc(OC(F)F)cc2)c1. The highest BCUT2D eigenvalue weighted by molar-refractivity contribution is 5.95. The van der Waals surface area contributed by atoms with E-state index in [2.05, 4.69) is 14.9 Å². The molecule has 6 nitrogen and oxygen atoms in total. The Balaban J connectivity index is 1.03. The Morgan fingerprint density at radius 1 is 0.894 bits per heavy atom. The van der Waals surface area contributed by atoms with Gasteiger partial charge in [0, 0.05) is 24.1 Å². The van der Waals surface area contributed by atoms with Crippen molar-refractivity contribution >= 4 is 11.6 Å². The molecule has 7 saturated carbocycles. The van der Waals surface area contributed by atoms with Gasteiger partial charge in [-0.3, -0.25) is 4.79 Å². The lowest BCUT2D eigenvalue weighted by molar-refractivity contribution is -0.215. The molecule has 1 amide bonds. The zero-order chi connectivity index (χ0) is 32.9. The maximum Gasteiger partial charge on any atom is 0.403 e. The molecule has 2 aromatic carbocycles. The Labute approximate surface area is 267 Å². The maximum atomic E-state index is 14.4. The zero-order valence-electron chi connectivity index (χ0n) is 25.7. The summed E-state index contributed by atoms with van der Waals surface area (Å²) in [4.78, 5) is 20.3. The van der Waals surface area contributed by atoms with Gasteiger partial charge < -0.3 is 14.2 Å². The second-order valence-corrected chi connectivity index (χ2v) is 15.1. The number of carbonyl (C=O) groups excluding carboxylic acids is 1. The molecule has 47 heavy (non-hydrogen) atoms. The first-order valence-corrected chi connectivity index (χ1v) is 16.3. The minimum atomic E-state index is -4.42. The Hall–Kier alpha value is -3.57. The van der Waals surface area contributed by atoms with Gasteiger partial charge in [0.2, 0.25) is 11.8 Å². The summed E-state index contributed by atoms with van der Waals surface area (Å²) in [6.45, 7) is -2.45. The standard InChI is InChI=1S/C35H35F6N3O3/c36-29(37)46-25-6-4-22(5-7-25)23-2-1-3-24(16-23)44(26(45)17-31-18-33(38,19-31)20-31)21-30-8-11-32(12-9-30,13-10-30)27-42-28(47-43-27)34(14-15-34)35(39,40)41/h1-7,16,29H,8-15,17-21H2. The fourth-order valence-electron chi connectivity index (χ4n) is 9.02. The summed E-state index contributed by atoms with van der Waals surface area (Å²) >= 11 is 0. The highest BCUT2D eigenvalue weighted by atomic mass is 19.4. The number of fused-ring (bicyclic) bond motifs is 3. The van der Waals surface area contributed by atoms with Gasteiger partial charge in [0.15, 0.2) is 5.82 Å². The minimum Gasteiger partial charge on any atom is -0.435 e. The van der Waals surface area contributed by atoms with Crippen LogP contribution in [0.4, 0.5) is 32.0 Å². The summed E-state index contributed by atoms with van der Waals surface area (Å²) in [7, 11) is 0. The van der Waals surface area contributed by atoms with Gasteiger partial charge in [0.25, 0.3) is 0 Å². The van der Waals surface area contributed by atoms with Crippen LogP contribution in [0.15, 0.2) is 53.1 Å². The molecular weight excluding hydrogens is 624 g/mol. The fourth-order valence-corrected chi connectivity index (χ4v) is 9.02. The van der Waals surface area contributed by atoms with Gasteiger partial charge in [0.1, 0.15) is 16.8 Å². The van der Waals surface area contributed by atoms with Crippen LogP contribution in [0.3, 0.4) is 0 Å². The van der Waals surface area contributed by atoms with Gasteiger partial charge in [0.05, 0.1) is 0 Å². The molecule has 0 spiro atoms. The van der Waals surface area contributed by atoms with Crippen LogP contribution in [0.2, 0.25) is 0 Å². The van der Waals surface area contributed by atoms with Gasteiger partial charge in [-0.2, -0.15) is 26.9 Å². The van der Waals surface area contributed by atoms with E-state index in [-0.39, 0.29) is 47.6 Å². The third-order valence-electron chi connectivity index (χ3n) is 12.0. The summed E-state index contributed by atoms with van der Waals surface area (Å²) in [6, 6.07) is 13.9. The number of aromatic nitrogens is 2. The van der Waals surface area contributed by atoms with Gasteiger partial charge >= 0.3 is 12.8 Å². The van der Waals surface area contributed by atoms with Crippen molar-refractivity contribution in [2.45, 2.75) is 106 Å². The van der Waals surface area contributed by atoms with E-state index >= 15 is 0 Å². The van der Waals surface area contributed by atoms with Crippen LogP contribution in [0.25, 0.3) is 11.1 Å². The Morgan fingerprint density at radius 2 is 1.55 bits per heavy atom. The number of ether oxygens (including phenoxy) is 1. The summed E-state index contributed by atoms with van der Waals surface area (Å²) in [5.74, 6) is 0.0418. The van der Waals surface area contributed by atoms with E-state index in [0.717, 1.165) is 30.4 Å². The van der Waals surface area contributed by atoms with E-state index in [4.69, 9.17) is 4.52 Å². The van der Waals surface area contributed by atoms with E-state index in [9.17, 15) is 31.1 Å². The van der Waals surface area contributed by atoms with Crippen LogP contribution >= 0.6 is 0 Å². The first-order valence-electron chi connectivity index (χ1n) is 16.3. The van der Waals surface area contributed by atoms with Crippen LogP contribution in [-0.2, 0) is 15.6 Å². The fraction of sp³-hybridized carbons (Fsp3) is 0.571. The van der Waals surface area contributed by atoms with Crippen molar-refractivity contribution in [1.82, 2.24) is 10.1 Å². The van der Waals surface area contributed by atoms with E-state index in [1.54, 1.807) is 12.1 Å². The van der Waals surface area contributed by atoms with Gasteiger partial charge in [-0.1, -0.05) is 29.4 Å². The summed E-state index contributed by atoms with van der Waals surface area (Å²) in [5.41, 5.74) is -1.75. The quantitative estimate of drug-likeness (QED) is 0.204. The molecule has 0 aliphatic heterocycles. The molecule has 0 unspecified atom stereocenters. The number of carbonyl (C=O) groups is 1. The maximum absolute atomic E-state index is 14.4. The predicted molar refractivity (Wildman–Crippen MR) is 159 cm³/mol. The highest BCUT2D eigenvalue weighted by Crippen LogP contribution is 2.71. The number of rotatable bonds is 10. The number of anilines is 1. The molecule has 1 heterocycles. The lowest BCUT2D eigenvalue weighted by Crippen LogP contribution is -2.65. The second-order valence-electron chi connectivity index (χ2n) is 15.1. The van der Waals surface area contributed by atoms with Crippen molar-refractivity contribution in [1.29, 1.82) is 0 Å². The van der Waals surface area contributed by atoms with Crippen LogP contribution in [-0.4, -0.2) is 41.0 Å². The summed E-state index contributed by atoms with van der Waals surface area (Å²) < 4.78 is 90.6. The van der Waals surface area contributed by atoms with E-state index < -0.39 is 29.3 Å². The zero-order valence-corrected chi connectivity index (χ0v) is 25.7. The molecule has 7 aliphatic rings. The number of amides is 1. The molecule has 0 atom stereocenters.